The first-order valence-corrected chi connectivity index (χ1v) is 9.64. The van der Waals surface area contributed by atoms with Gasteiger partial charge in [0.05, 0.1) is 13.1 Å². The molecule has 0 heterocycles. The second-order valence-electron chi connectivity index (χ2n) is 5.76. The number of nitrogens with one attached hydrogen (secondary N) is 2. The fraction of sp³-hybridized carbons (Fsp3) is 0.529. The monoisotopic (exact) mass is 536 g/mol. The van der Waals surface area contributed by atoms with Gasteiger partial charge in [0.2, 0.25) is 5.91 Å². The number of guanidine groups is 1. The van der Waals surface area contributed by atoms with Gasteiger partial charge in [0.1, 0.15) is 12.4 Å². The average Bonchev–Trinajstić information content (AvgIpc) is 2.57. The van der Waals surface area contributed by atoms with Gasteiger partial charge in [-0.25, -0.2) is 9.38 Å². The van der Waals surface area contributed by atoms with E-state index in [-0.39, 0.29) is 42.9 Å². The minimum atomic E-state index is -4.45. The fourth-order valence-electron chi connectivity index (χ4n) is 2.20. The van der Waals surface area contributed by atoms with Crippen LogP contribution in [0.2, 0.25) is 0 Å². The molecule has 1 aromatic carbocycles. The summed E-state index contributed by atoms with van der Waals surface area (Å²) in [6.07, 6.45) is -2.54. The van der Waals surface area contributed by atoms with Crippen LogP contribution in [0.1, 0.15) is 18.1 Å². The molecule has 0 saturated heterocycles. The Kier molecular flexibility index (Phi) is 12.5. The highest BCUT2D eigenvalue weighted by Gasteiger charge is 2.31. The molecule has 0 aliphatic rings. The van der Waals surface area contributed by atoms with Gasteiger partial charge in [-0.05, 0) is 36.4 Å². The molecule has 160 valence electrons. The standard InChI is InChI=1S/C17H24F4N4OS.HI/c1-4-22-16(24-9-15(26)25(2)11-17(19,20)21)23-8-12-5-6-14(18)7-13(12)10-27-3;/h5-7H,4,8-11H2,1-3H3,(H2,22,23,24);1H. The van der Waals surface area contributed by atoms with E-state index in [9.17, 15) is 22.4 Å². The van der Waals surface area contributed by atoms with Crippen molar-refractivity contribution in [3.8, 4) is 0 Å². The van der Waals surface area contributed by atoms with Crippen molar-refractivity contribution in [2.75, 3.05) is 32.9 Å². The lowest BCUT2D eigenvalue weighted by molar-refractivity contribution is -0.157. The largest absolute Gasteiger partial charge is 0.406 e. The van der Waals surface area contributed by atoms with Gasteiger partial charge in [0, 0.05) is 19.3 Å². The smallest absolute Gasteiger partial charge is 0.357 e. The molecule has 1 rings (SSSR count). The lowest BCUT2D eigenvalue weighted by atomic mass is 10.1. The molecule has 28 heavy (non-hydrogen) atoms. The summed E-state index contributed by atoms with van der Waals surface area (Å²) in [7, 11) is 1.09. The fourth-order valence-corrected chi connectivity index (χ4v) is 2.78. The number of aliphatic imine (C=N–C) groups is 1. The van der Waals surface area contributed by atoms with Crippen molar-refractivity contribution in [1.29, 1.82) is 0 Å². The summed E-state index contributed by atoms with van der Waals surface area (Å²) >= 11 is 1.56. The molecule has 11 heteroatoms. The van der Waals surface area contributed by atoms with Crippen LogP contribution in [0.15, 0.2) is 23.2 Å². The van der Waals surface area contributed by atoms with Gasteiger partial charge in [0.25, 0.3) is 0 Å². The van der Waals surface area contributed by atoms with E-state index < -0.39 is 18.6 Å². The predicted octanol–water partition coefficient (Wildman–Crippen LogP) is 3.38. The number of amides is 1. The Bertz CT molecular complexity index is 659. The maximum atomic E-state index is 13.4. The number of hydrogen-bond acceptors (Lipinski definition) is 3. The maximum absolute atomic E-state index is 13.4. The van der Waals surface area contributed by atoms with Gasteiger partial charge in [-0.1, -0.05) is 6.07 Å². The van der Waals surface area contributed by atoms with E-state index in [2.05, 4.69) is 15.6 Å². The molecule has 0 radical (unpaired) electrons. The highest BCUT2D eigenvalue weighted by atomic mass is 127. The molecule has 0 saturated carbocycles. The first-order valence-electron chi connectivity index (χ1n) is 8.25. The third-order valence-electron chi connectivity index (χ3n) is 3.47. The Morgan fingerprint density at radius 3 is 2.50 bits per heavy atom. The first kappa shape index (κ1) is 26.8. The maximum Gasteiger partial charge on any atom is 0.406 e. The zero-order valence-corrected chi connectivity index (χ0v) is 19.0. The Hall–Kier alpha value is -1.24. The van der Waals surface area contributed by atoms with E-state index in [0.717, 1.165) is 18.2 Å². The lowest BCUT2D eigenvalue weighted by Gasteiger charge is -2.20. The summed E-state index contributed by atoms with van der Waals surface area (Å²) < 4.78 is 50.4. The van der Waals surface area contributed by atoms with Crippen molar-refractivity contribution in [1.82, 2.24) is 15.5 Å². The zero-order valence-electron chi connectivity index (χ0n) is 15.9. The number of rotatable bonds is 8. The third-order valence-corrected chi connectivity index (χ3v) is 4.07. The van der Waals surface area contributed by atoms with Crippen LogP contribution in [0.4, 0.5) is 17.6 Å². The van der Waals surface area contributed by atoms with E-state index >= 15 is 0 Å². The molecule has 0 aromatic heterocycles. The highest BCUT2D eigenvalue weighted by Crippen LogP contribution is 2.18. The normalized spacial score (nSPS) is 11.6. The average molecular weight is 536 g/mol. The van der Waals surface area contributed by atoms with Crippen molar-refractivity contribution in [3.63, 3.8) is 0 Å². The van der Waals surface area contributed by atoms with Crippen LogP contribution in [-0.4, -0.2) is 55.9 Å². The third kappa shape index (κ3) is 10.3. The molecule has 0 aliphatic heterocycles. The van der Waals surface area contributed by atoms with Crippen molar-refractivity contribution in [3.05, 3.63) is 35.1 Å². The van der Waals surface area contributed by atoms with Crippen molar-refractivity contribution in [2.24, 2.45) is 4.99 Å². The van der Waals surface area contributed by atoms with Gasteiger partial charge >= 0.3 is 6.18 Å². The number of benzene rings is 1. The summed E-state index contributed by atoms with van der Waals surface area (Å²) in [5, 5.41) is 5.65. The second kappa shape index (κ2) is 13.1. The van der Waals surface area contributed by atoms with E-state index in [1.807, 2.05) is 13.2 Å². The van der Waals surface area contributed by atoms with Crippen molar-refractivity contribution in [2.45, 2.75) is 25.4 Å². The number of likely N-dealkylation sites (N-methyl/N-ethyl adjacent to an activating group) is 1. The van der Waals surface area contributed by atoms with E-state index in [4.69, 9.17) is 0 Å². The van der Waals surface area contributed by atoms with Crippen molar-refractivity contribution >= 4 is 47.6 Å². The van der Waals surface area contributed by atoms with Crippen LogP contribution in [0.25, 0.3) is 0 Å². The molecule has 0 unspecified atom stereocenters. The first-order chi connectivity index (χ1) is 12.7. The van der Waals surface area contributed by atoms with Crippen LogP contribution in [-0.2, 0) is 17.1 Å². The van der Waals surface area contributed by atoms with Gasteiger partial charge in [0.15, 0.2) is 5.96 Å². The van der Waals surface area contributed by atoms with Gasteiger partial charge < -0.3 is 15.5 Å². The van der Waals surface area contributed by atoms with Gasteiger partial charge in [-0.2, -0.15) is 24.9 Å². The molecular formula is C17H25F4IN4OS. The summed E-state index contributed by atoms with van der Waals surface area (Å²) in [5.74, 6) is -0.101. The molecule has 5 nitrogen and oxygen atoms in total. The van der Waals surface area contributed by atoms with Crippen LogP contribution in [0.3, 0.4) is 0 Å². The topological polar surface area (TPSA) is 56.7 Å². The van der Waals surface area contributed by atoms with Crippen molar-refractivity contribution < 1.29 is 22.4 Å². The zero-order chi connectivity index (χ0) is 20.4. The summed E-state index contributed by atoms with van der Waals surface area (Å²) in [6, 6.07) is 4.46. The Labute approximate surface area is 183 Å². The molecule has 0 bridgehead atoms. The quantitative estimate of drug-likeness (QED) is 0.232. The molecule has 0 aliphatic carbocycles. The number of halogens is 5. The SMILES string of the molecule is CCNC(=NCc1ccc(F)cc1CSC)NCC(=O)N(C)CC(F)(F)F.I. The summed E-state index contributed by atoms with van der Waals surface area (Å²) in [5.41, 5.74) is 1.66. The summed E-state index contributed by atoms with van der Waals surface area (Å²) in [6.45, 7) is 0.956. The molecule has 0 atom stereocenters. The van der Waals surface area contributed by atoms with Crippen LogP contribution in [0.5, 0.6) is 0 Å². The predicted molar refractivity (Wildman–Crippen MR) is 116 cm³/mol. The molecule has 0 fully saturated rings. The number of thioether (sulfide) groups is 1. The lowest BCUT2D eigenvalue weighted by Crippen LogP contribution is -2.45. The van der Waals surface area contributed by atoms with Gasteiger partial charge in [-0.3, -0.25) is 4.79 Å². The molecule has 0 spiro atoms. The van der Waals surface area contributed by atoms with E-state index in [1.165, 1.54) is 12.1 Å². The van der Waals surface area contributed by atoms with Gasteiger partial charge in [-0.15, -0.1) is 24.0 Å². The minimum absolute atomic E-state index is 0. The number of hydrogen-bond donors (Lipinski definition) is 2. The number of carbonyl (C=O) groups is 1. The molecule has 1 amide bonds. The second-order valence-corrected chi connectivity index (χ2v) is 6.63. The number of alkyl halides is 3. The molecular weight excluding hydrogens is 511 g/mol. The Morgan fingerprint density at radius 1 is 1.25 bits per heavy atom. The van der Waals surface area contributed by atoms with E-state index in [0.29, 0.717) is 23.2 Å². The number of nitrogens with zero attached hydrogens (tertiary/aromatic N) is 2. The van der Waals surface area contributed by atoms with E-state index in [1.54, 1.807) is 17.8 Å². The van der Waals surface area contributed by atoms with Crippen LogP contribution < -0.4 is 10.6 Å². The molecule has 1 aromatic rings. The van der Waals surface area contributed by atoms with Crippen LogP contribution >= 0.6 is 35.7 Å². The van der Waals surface area contributed by atoms with Crippen LogP contribution in [0, 0.1) is 5.82 Å². The molecule has 2 N–H and O–H groups in total. The Balaban J connectivity index is 0.00000729. The minimum Gasteiger partial charge on any atom is -0.357 e. The highest BCUT2D eigenvalue weighted by molar-refractivity contribution is 14.0. The summed E-state index contributed by atoms with van der Waals surface area (Å²) in [4.78, 5) is 16.8. The Morgan fingerprint density at radius 2 is 1.93 bits per heavy atom. The number of carbonyl (C=O) groups excluding carboxylic acids is 1.